The largest absolute Gasteiger partial charge is 0.493 e. The van der Waals surface area contributed by atoms with Crippen molar-refractivity contribution < 1.29 is 22.7 Å². The first kappa shape index (κ1) is 15.6. The predicted octanol–water partition coefficient (Wildman–Crippen LogP) is 4.50. The molecule has 2 nitrogen and oxygen atoms in total. The normalized spacial score (nSPS) is 10.5. The fourth-order valence-electron chi connectivity index (χ4n) is 1.77. The van der Waals surface area contributed by atoms with Gasteiger partial charge in [0.1, 0.15) is 5.75 Å². The maximum absolute atomic E-state index is 13.2. The molecule has 0 aromatic heterocycles. The van der Waals surface area contributed by atoms with Crippen LogP contribution >= 0.6 is 15.9 Å². The molecule has 2 aromatic rings. The number of ether oxygens (including phenoxy) is 1. The van der Waals surface area contributed by atoms with Crippen LogP contribution in [-0.2, 0) is 0 Å². The number of rotatable bonds is 4. The van der Waals surface area contributed by atoms with E-state index < -0.39 is 23.2 Å². The number of hydrogen-bond donors (Lipinski definition) is 0. The molecule has 0 amide bonds. The first-order chi connectivity index (χ1) is 9.93. The van der Waals surface area contributed by atoms with Crippen molar-refractivity contribution in [3.05, 3.63) is 63.4 Å². The van der Waals surface area contributed by atoms with Gasteiger partial charge < -0.3 is 4.74 Å². The van der Waals surface area contributed by atoms with E-state index in [9.17, 15) is 18.0 Å². The molecule has 0 aliphatic carbocycles. The lowest BCUT2D eigenvalue weighted by Crippen LogP contribution is -2.05. The van der Waals surface area contributed by atoms with E-state index in [4.69, 9.17) is 4.74 Å². The molecule has 0 heterocycles. The zero-order valence-corrected chi connectivity index (χ0v) is 12.5. The first-order valence-corrected chi connectivity index (χ1v) is 6.85. The molecule has 0 radical (unpaired) electrons. The fraction of sp³-hybridized carbons (Fsp3) is 0.133. The van der Waals surface area contributed by atoms with Crippen LogP contribution in [0.2, 0.25) is 0 Å². The average Bonchev–Trinajstić information content (AvgIpc) is 2.45. The topological polar surface area (TPSA) is 26.3 Å². The van der Waals surface area contributed by atoms with Crippen molar-refractivity contribution in [2.24, 2.45) is 0 Å². The number of halogens is 4. The number of hydrogen-bond acceptors (Lipinski definition) is 2. The monoisotopic (exact) mass is 358 g/mol. The van der Waals surface area contributed by atoms with Crippen LogP contribution in [0.25, 0.3) is 0 Å². The molecule has 0 bridgehead atoms. The lowest BCUT2D eigenvalue weighted by molar-refractivity contribution is 0.103. The summed E-state index contributed by atoms with van der Waals surface area (Å²) in [5.41, 5.74) is -0.0572. The van der Waals surface area contributed by atoms with Crippen molar-refractivity contribution in [1.82, 2.24) is 0 Å². The number of carbonyl (C=O) groups is 1. The van der Waals surface area contributed by atoms with Gasteiger partial charge in [-0.1, -0.05) is 0 Å². The van der Waals surface area contributed by atoms with E-state index in [1.807, 2.05) is 6.92 Å². The molecular formula is C15H10BrF3O2. The summed E-state index contributed by atoms with van der Waals surface area (Å²) in [6.07, 6.45) is 0. The van der Waals surface area contributed by atoms with Crippen LogP contribution in [0.4, 0.5) is 13.2 Å². The summed E-state index contributed by atoms with van der Waals surface area (Å²) in [7, 11) is 0. The number of carbonyl (C=O) groups excluding carboxylic acids is 1. The molecule has 0 N–H and O–H groups in total. The third-order valence-electron chi connectivity index (χ3n) is 2.74. The Kier molecular flexibility index (Phi) is 4.67. The van der Waals surface area contributed by atoms with Gasteiger partial charge in [0.05, 0.1) is 11.1 Å². The van der Waals surface area contributed by atoms with Crippen molar-refractivity contribution in [1.29, 1.82) is 0 Å². The Labute approximate surface area is 127 Å². The summed E-state index contributed by atoms with van der Waals surface area (Å²) in [5, 5.41) is 0. The van der Waals surface area contributed by atoms with Gasteiger partial charge in [0.2, 0.25) is 0 Å². The van der Waals surface area contributed by atoms with Crippen LogP contribution < -0.4 is 4.74 Å². The third-order valence-corrected chi connectivity index (χ3v) is 3.36. The lowest BCUT2D eigenvalue weighted by Gasteiger charge is -2.08. The van der Waals surface area contributed by atoms with Gasteiger partial charge in [0.15, 0.2) is 23.2 Å². The highest BCUT2D eigenvalue weighted by molar-refractivity contribution is 9.10. The molecule has 0 unspecified atom stereocenters. The predicted molar refractivity (Wildman–Crippen MR) is 75.1 cm³/mol. The van der Waals surface area contributed by atoms with E-state index in [1.165, 1.54) is 12.1 Å². The van der Waals surface area contributed by atoms with Gasteiger partial charge in [-0.05, 0) is 53.2 Å². The van der Waals surface area contributed by atoms with Gasteiger partial charge >= 0.3 is 0 Å². The van der Waals surface area contributed by atoms with Gasteiger partial charge in [0, 0.05) is 11.1 Å². The molecule has 2 rings (SSSR count). The zero-order chi connectivity index (χ0) is 15.6. The Morgan fingerprint density at radius 1 is 1.10 bits per heavy atom. The number of benzene rings is 2. The molecule has 0 fully saturated rings. The van der Waals surface area contributed by atoms with Gasteiger partial charge in [-0.25, -0.2) is 13.2 Å². The van der Waals surface area contributed by atoms with E-state index >= 15 is 0 Å². The summed E-state index contributed by atoms with van der Waals surface area (Å²) in [4.78, 5) is 12.2. The first-order valence-electron chi connectivity index (χ1n) is 6.05. The van der Waals surface area contributed by atoms with Gasteiger partial charge in [0.25, 0.3) is 0 Å². The van der Waals surface area contributed by atoms with E-state index in [0.29, 0.717) is 29.0 Å². The highest BCUT2D eigenvalue weighted by Crippen LogP contribution is 2.27. The second-order valence-electron chi connectivity index (χ2n) is 4.16. The molecule has 0 saturated heterocycles. The smallest absolute Gasteiger partial charge is 0.194 e. The van der Waals surface area contributed by atoms with Gasteiger partial charge in [-0.15, -0.1) is 0 Å². The molecule has 110 valence electrons. The van der Waals surface area contributed by atoms with Crippen molar-refractivity contribution >= 4 is 21.7 Å². The molecule has 0 aliphatic rings. The summed E-state index contributed by atoms with van der Waals surface area (Å²) >= 11 is 3.24. The Balaban J connectivity index is 2.38. The van der Waals surface area contributed by atoms with Crippen molar-refractivity contribution in [3.63, 3.8) is 0 Å². The van der Waals surface area contributed by atoms with Crippen LogP contribution in [0.5, 0.6) is 5.75 Å². The van der Waals surface area contributed by atoms with Crippen molar-refractivity contribution in [2.45, 2.75) is 6.92 Å². The van der Waals surface area contributed by atoms with Crippen LogP contribution in [0, 0.1) is 17.5 Å². The summed E-state index contributed by atoms with van der Waals surface area (Å²) < 4.78 is 45.1. The Hall–Kier alpha value is -1.82. The molecule has 21 heavy (non-hydrogen) atoms. The minimum atomic E-state index is -1.60. The minimum absolute atomic E-state index is 0.204. The highest BCUT2D eigenvalue weighted by Gasteiger charge is 2.17. The Morgan fingerprint density at radius 2 is 1.71 bits per heavy atom. The molecular weight excluding hydrogens is 349 g/mol. The van der Waals surface area contributed by atoms with E-state index in [1.54, 1.807) is 6.07 Å². The van der Waals surface area contributed by atoms with Crippen LogP contribution in [0.3, 0.4) is 0 Å². The second kappa shape index (κ2) is 6.30. The van der Waals surface area contributed by atoms with Crippen LogP contribution in [0.15, 0.2) is 34.8 Å². The lowest BCUT2D eigenvalue weighted by atomic mass is 10.0. The average molecular weight is 359 g/mol. The summed E-state index contributed by atoms with van der Waals surface area (Å²) in [6, 6.07) is 5.86. The fourth-order valence-corrected chi connectivity index (χ4v) is 2.26. The minimum Gasteiger partial charge on any atom is -0.493 e. The maximum atomic E-state index is 13.2. The standard InChI is InChI=1S/C15H10BrF3O2/c1-2-21-13-4-3-8(5-10(13)16)15(20)9-6-11(17)14(19)12(18)7-9/h3-7H,2H2,1H3. The second-order valence-corrected chi connectivity index (χ2v) is 5.02. The van der Waals surface area contributed by atoms with Gasteiger partial charge in [-0.3, -0.25) is 4.79 Å². The Morgan fingerprint density at radius 3 is 2.24 bits per heavy atom. The van der Waals surface area contributed by atoms with Crippen molar-refractivity contribution in [2.75, 3.05) is 6.61 Å². The molecule has 2 aromatic carbocycles. The number of ketones is 1. The Bertz CT molecular complexity index is 678. The molecule has 0 spiro atoms. The molecule has 0 saturated carbocycles. The maximum Gasteiger partial charge on any atom is 0.194 e. The molecule has 6 heteroatoms. The van der Waals surface area contributed by atoms with Crippen molar-refractivity contribution in [3.8, 4) is 5.75 Å². The zero-order valence-electron chi connectivity index (χ0n) is 10.9. The quantitative estimate of drug-likeness (QED) is 0.594. The third kappa shape index (κ3) is 3.26. The van der Waals surface area contributed by atoms with Gasteiger partial charge in [-0.2, -0.15) is 0 Å². The van der Waals surface area contributed by atoms with E-state index in [0.717, 1.165) is 0 Å². The SMILES string of the molecule is CCOc1ccc(C(=O)c2cc(F)c(F)c(F)c2)cc1Br. The molecule has 0 atom stereocenters. The van der Waals surface area contributed by atoms with Crippen LogP contribution in [0.1, 0.15) is 22.8 Å². The van der Waals surface area contributed by atoms with E-state index in [2.05, 4.69) is 15.9 Å². The summed E-state index contributed by atoms with van der Waals surface area (Å²) in [5.74, 6) is -4.46. The highest BCUT2D eigenvalue weighted by atomic mass is 79.9. The molecule has 0 aliphatic heterocycles. The van der Waals surface area contributed by atoms with Crippen LogP contribution in [-0.4, -0.2) is 12.4 Å². The summed E-state index contributed by atoms with van der Waals surface area (Å²) in [6.45, 7) is 2.27. The van der Waals surface area contributed by atoms with E-state index in [-0.39, 0.29) is 11.1 Å².